The smallest absolute Gasteiger partial charge is 0.0696 e. The lowest BCUT2D eigenvalue weighted by Crippen LogP contribution is -2.77. The van der Waals surface area contributed by atoms with Crippen LogP contribution < -0.4 is 0 Å². The second kappa shape index (κ2) is 7.77. The molecule has 0 spiro atoms. The Morgan fingerprint density at radius 1 is 0.370 bits per heavy atom. The van der Waals surface area contributed by atoms with Crippen molar-refractivity contribution in [1.29, 1.82) is 0 Å². The average Bonchev–Trinajstić information content (AvgIpc) is 2.15. The molecule has 0 amide bonds. The zero-order chi connectivity index (χ0) is 22.7. The summed E-state index contributed by atoms with van der Waals surface area (Å²) in [6.45, 7) is 48.2. The number of hydrogen-bond acceptors (Lipinski definition) is 0. The van der Waals surface area contributed by atoms with Crippen LogP contribution in [-0.4, -0.2) is 44.2 Å². The van der Waals surface area contributed by atoms with E-state index in [1.807, 2.05) is 0 Å². The second-order valence-electron chi connectivity index (χ2n) is 15.0. The van der Waals surface area contributed by atoms with Crippen molar-refractivity contribution in [2.45, 2.75) is 136 Å². The van der Waals surface area contributed by atoms with Gasteiger partial charge in [0.25, 0.3) is 0 Å². The normalized spacial score (nSPS) is 15.8. The largest absolute Gasteiger partial charge is 0.0721 e. The molecule has 0 nitrogen and oxygen atoms in total. The summed E-state index contributed by atoms with van der Waals surface area (Å²) >= 11 is 0. The van der Waals surface area contributed by atoms with Gasteiger partial charge in [0.15, 0.2) is 0 Å². The van der Waals surface area contributed by atoms with Gasteiger partial charge in [-0.2, -0.15) is 0 Å². The molecule has 6 heteroatoms. The number of rotatable bonds is 4. The Hall–Kier alpha value is 1.30. The maximum absolute atomic E-state index is 2.79. The van der Waals surface area contributed by atoms with Crippen LogP contribution in [0.25, 0.3) is 0 Å². The van der Waals surface area contributed by atoms with Gasteiger partial charge >= 0.3 is 0 Å². The Morgan fingerprint density at radius 2 is 0.556 bits per heavy atom. The molecule has 0 unspecified atom stereocenters. The summed E-state index contributed by atoms with van der Waals surface area (Å²) < 4.78 is 0. The van der Waals surface area contributed by atoms with Crippen molar-refractivity contribution >= 4 is 44.2 Å². The van der Waals surface area contributed by atoms with Gasteiger partial charge in [-0.05, 0) is 29.0 Å². The summed E-state index contributed by atoms with van der Waals surface area (Å²) in [5.41, 5.74) is 0. The summed E-state index contributed by atoms with van der Waals surface area (Å²) in [6.07, 6.45) is 0. The van der Waals surface area contributed by atoms with E-state index < -0.39 is 30.4 Å². The van der Waals surface area contributed by atoms with E-state index in [-0.39, 0.29) is 13.9 Å². The summed E-state index contributed by atoms with van der Waals surface area (Å²) in [5.74, 6) is 0. The molecule has 0 aliphatic carbocycles. The molecule has 0 fully saturated rings. The molecule has 0 radical (unpaired) electrons. The fourth-order valence-electron chi connectivity index (χ4n) is 7.50. The summed E-state index contributed by atoms with van der Waals surface area (Å²) in [7, 11) is -5.25. The van der Waals surface area contributed by atoms with Crippen molar-refractivity contribution in [2.24, 2.45) is 0 Å². The van der Waals surface area contributed by atoms with Crippen molar-refractivity contribution in [3.05, 3.63) is 0 Å². The molecule has 0 saturated carbocycles. The van der Waals surface area contributed by atoms with E-state index in [1.54, 1.807) is 0 Å². The van der Waals surface area contributed by atoms with Crippen molar-refractivity contribution in [3.63, 3.8) is 0 Å². The lowest BCUT2D eigenvalue weighted by Gasteiger charge is -2.64. The maximum atomic E-state index is 2.79. The van der Waals surface area contributed by atoms with Crippen LogP contribution in [0.4, 0.5) is 0 Å². The van der Waals surface area contributed by atoms with Crippen LogP contribution in [0.3, 0.4) is 0 Å². The molecule has 0 rings (SSSR count). The maximum Gasteiger partial charge on any atom is 0.0721 e. The Balaban J connectivity index is 8.15. The molecule has 0 N–H and O–H groups in total. The second-order valence-corrected chi connectivity index (χ2v) is 69.8. The summed E-state index contributed by atoms with van der Waals surface area (Å²) in [5, 5.41) is 1.40. The molecule has 0 aliphatic heterocycles. The highest BCUT2D eigenvalue weighted by atomic mass is 30.0. The molecule has 0 aromatic rings. The van der Waals surface area contributed by atoms with Gasteiger partial charge in [0.05, 0.1) is 7.59 Å². The van der Waals surface area contributed by atoms with Crippen LogP contribution >= 0.6 is 0 Å². The third-order valence-electron chi connectivity index (χ3n) is 6.25. The van der Waals surface area contributed by atoms with E-state index in [0.29, 0.717) is 15.1 Å². The molecule has 0 aliphatic rings. The third-order valence-corrected chi connectivity index (χ3v) is 108. The predicted octanol–water partition coefficient (Wildman–Crippen LogP) is 8.23. The van der Waals surface area contributed by atoms with Crippen LogP contribution in [0, 0.1) is 0 Å². The zero-order valence-electron chi connectivity index (χ0n) is 22.5. The molecular weight excluding hydrogens is 421 g/mol. The Bertz CT molecular complexity index is 509. The minimum Gasteiger partial charge on any atom is -0.0696 e. The van der Waals surface area contributed by atoms with Gasteiger partial charge in [-0.3, -0.25) is 0 Å². The minimum atomic E-state index is -1.67. The van der Waals surface area contributed by atoms with Gasteiger partial charge in [-0.15, -0.1) is 0 Å². The van der Waals surface area contributed by atoms with Gasteiger partial charge in [0, 0.05) is 22.8 Å². The van der Waals surface area contributed by atoms with E-state index in [1.165, 1.54) is 0 Å². The van der Waals surface area contributed by atoms with Crippen LogP contribution in [-0.2, 0) is 0 Å². The Morgan fingerprint density at radius 3 is 0.667 bits per heavy atom. The van der Waals surface area contributed by atoms with E-state index in [4.69, 9.17) is 0 Å². The first-order valence-electron chi connectivity index (χ1n) is 11.0. The molecule has 0 aromatic carbocycles. The topological polar surface area (TPSA) is 0 Å². The van der Waals surface area contributed by atoms with Crippen molar-refractivity contribution < 1.29 is 0 Å². The van der Waals surface area contributed by atoms with Crippen LogP contribution in [0.5, 0.6) is 0 Å². The van der Waals surface area contributed by atoms with Crippen LogP contribution in [0.2, 0.25) is 74.0 Å². The zero-order valence-corrected chi connectivity index (χ0v) is 28.5. The summed E-state index contributed by atoms with van der Waals surface area (Å²) in [6, 6.07) is 0. The molecule has 0 heterocycles. The van der Waals surface area contributed by atoms with E-state index in [9.17, 15) is 0 Å². The van der Waals surface area contributed by atoms with Gasteiger partial charge in [-0.25, -0.2) is 0 Å². The Labute approximate surface area is 180 Å². The predicted molar refractivity (Wildman–Crippen MR) is 146 cm³/mol. The van der Waals surface area contributed by atoms with E-state index in [2.05, 4.69) is 121 Å². The van der Waals surface area contributed by atoms with E-state index >= 15 is 0 Å². The fraction of sp³-hybridized carbons (Fsp3) is 1.00. The monoisotopic (exact) mass is 474 g/mol. The molecule has 0 saturated heterocycles. The molecular formula is C21H54Si6. The highest BCUT2D eigenvalue weighted by Crippen LogP contribution is 2.63. The Kier molecular flexibility index (Phi) is 8.14. The molecule has 0 bridgehead atoms. The van der Waals surface area contributed by atoms with Crippen molar-refractivity contribution in [2.75, 3.05) is 0 Å². The van der Waals surface area contributed by atoms with Crippen LogP contribution in [0.15, 0.2) is 0 Å². The SMILES string of the molecule is CC(C)(C)[Si]([Si](=[Si]([Si](C)(C)C)[Si](C)(C)C)[Si](C)(C)C)(C(C)(C)C)C(C)(C)C. The highest BCUT2D eigenvalue weighted by molar-refractivity contribution is 7.83. The highest BCUT2D eigenvalue weighted by Gasteiger charge is 2.64. The van der Waals surface area contributed by atoms with Gasteiger partial charge < -0.3 is 0 Å². The lowest BCUT2D eigenvalue weighted by molar-refractivity contribution is 0.555. The van der Waals surface area contributed by atoms with Crippen LogP contribution in [0.1, 0.15) is 62.3 Å². The van der Waals surface area contributed by atoms with Gasteiger partial charge in [-0.1, -0.05) is 121 Å². The lowest BCUT2D eigenvalue weighted by atomic mass is 10.2. The summed E-state index contributed by atoms with van der Waals surface area (Å²) in [4.78, 5) is 0. The quantitative estimate of drug-likeness (QED) is 0.360. The first-order chi connectivity index (χ1) is 11.2. The fourth-order valence-corrected chi connectivity index (χ4v) is 192. The first kappa shape index (κ1) is 28.3. The van der Waals surface area contributed by atoms with Crippen molar-refractivity contribution in [1.82, 2.24) is 0 Å². The average molecular weight is 475 g/mol. The van der Waals surface area contributed by atoms with E-state index in [0.717, 1.165) is 0 Å². The third kappa shape index (κ3) is 5.51. The van der Waals surface area contributed by atoms with Gasteiger partial charge in [0.1, 0.15) is 0 Å². The number of hydrogen-bond donors (Lipinski definition) is 0. The molecule has 0 aromatic heterocycles. The first-order valence-corrected chi connectivity index (χ1v) is 31.5. The molecule has 0 atom stereocenters. The molecule has 162 valence electrons. The standard InChI is InChI=1S/C21H54Si6/c1-19(2,3)27(20(4,5)6,21(7,8)9)23(26(16,17)18)22(24(10,11)12)25(13,14)15/h1-18H3. The van der Waals surface area contributed by atoms with Gasteiger partial charge in [0.2, 0.25) is 0 Å². The minimum absolute atomic E-state index is 0.272. The van der Waals surface area contributed by atoms with Crippen molar-refractivity contribution in [3.8, 4) is 0 Å². The molecule has 27 heavy (non-hydrogen) atoms.